The van der Waals surface area contributed by atoms with Crippen LogP contribution in [0.15, 0.2) is 45.3 Å². The summed E-state index contributed by atoms with van der Waals surface area (Å²) in [5.41, 5.74) is 1.58. The number of carboxylic acids is 2. The first-order valence-corrected chi connectivity index (χ1v) is 25.2. The van der Waals surface area contributed by atoms with Gasteiger partial charge in [-0.05, 0) is 80.1 Å². The van der Waals surface area contributed by atoms with Crippen molar-refractivity contribution in [3.05, 3.63) is 56.5 Å². The van der Waals surface area contributed by atoms with Crippen molar-refractivity contribution < 1.29 is 29.3 Å². The molecule has 0 amide bonds. The summed E-state index contributed by atoms with van der Waals surface area (Å²) in [5.74, 6) is -3.80. The first kappa shape index (κ1) is 50.3. The average molecular weight is 935 g/mol. The zero-order valence-electron chi connectivity index (χ0n) is 36.3. The highest BCUT2D eigenvalue weighted by Gasteiger charge is 2.59. The molecule has 328 valence electrons. The Morgan fingerprint density at radius 2 is 0.707 bits per heavy atom. The highest BCUT2D eigenvalue weighted by Crippen LogP contribution is 2.59. The monoisotopic (exact) mass is 932 g/mol. The van der Waals surface area contributed by atoms with E-state index in [1.54, 1.807) is 0 Å². The summed E-state index contributed by atoms with van der Waals surface area (Å²) in [5, 5.41) is 20.4. The molecule has 2 aromatic rings. The minimum Gasteiger partial charge on any atom is -0.492 e. The van der Waals surface area contributed by atoms with Crippen LogP contribution >= 0.6 is 31.9 Å². The first-order chi connectivity index (χ1) is 28.3. The molecule has 0 bridgehead atoms. The van der Waals surface area contributed by atoms with E-state index in [0.29, 0.717) is 13.2 Å². The standard InChI is InChI=1S/C50H78Br2O6/c1-3-5-7-9-11-13-15-17-19-21-23-25-27-29-35-57-43-33-31-39(37-41(43)51)45-46(48(50(55)56)47(45)49(53)54)40-32-34-44(42(52)38-40)58-36-30-28-26-24-22-20-18-16-14-12-10-8-6-4-2/h31-34,37-38,45-48H,3-30,35-36H2,1-2H3,(H,53,54)(H,55,56)/t45-,46+,47+,48-. The van der Waals surface area contributed by atoms with Gasteiger partial charge in [0.15, 0.2) is 0 Å². The Bertz CT molecular complexity index is 1310. The summed E-state index contributed by atoms with van der Waals surface area (Å²) in [4.78, 5) is 25.0. The maximum atomic E-state index is 12.5. The second kappa shape index (κ2) is 30.9. The minimum atomic E-state index is -1.09. The van der Waals surface area contributed by atoms with Gasteiger partial charge in [-0.3, -0.25) is 9.59 Å². The maximum absolute atomic E-state index is 12.5. The lowest BCUT2D eigenvalue weighted by atomic mass is 9.52. The molecule has 1 saturated carbocycles. The minimum absolute atomic E-state index is 0.496. The Labute approximate surface area is 369 Å². The lowest BCUT2D eigenvalue weighted by Gasteiger charge is -2.48. The van der Waals surface area contributed by atoms with Crippen LogP contribution in [0.3, 0.4) is 0 Å². The quantitative estimate of drug-likeness (QED) is 0.0661. The summed E-state index contributed by atoms with van der Waals surface area (Å²) in [7, 11) is 0. The van der Waals surface area contributed by atoms with Crippen LogP contribution in [-0.4, -0.2) is 35.4 Å². The summed E-state index contributed by atoms with van der Waals surface area (Å²) in [6.45, 7) is 5.80. The van der Waals surface area contributed by atoms with E-state index in [9.17, 15) is 19.8 Å². The smallest absolute Gasteiger partial charge is 0.308 e. The van der Waals surface area contributed by atoms with Gasteiger partial charge in [0.05, 0.1) is 34.0 Å². The molecule has 0 heterocycles. The normalized spacial score (nSPS) is 17.6. The van der Waals surface area contributed by atoms with E-state index in [2.05, 4.69) is 45.7 Å². The van der Waals surface area contributed by atoms with E-state index in [4.69, 9.17) is 9.47 Å². The van der Waals surface area contributed by atoms with Crippen LogP contribution in [0.1, 0.15) is 217 Å². The fourth-order valence-corrected chi connectivity index (χ4v) is 9.85. The molecule has 58 heavy (non-hydrogen) atoms. The van der Waals surface area contributed by atoms with Crippen molar-refractivity contribution in [2.24, 2.45) is 11.8 Å². The Hall–Kier alpha value is -2.06. The van der Waals surface area contributed by atoms with Gasteiger partial charge in [0, 0.05) is 11.8 Å². The number of benzene rings is 2. The van der Waals surface area contributed by atoms with Gasteiger partial charge in [0.2, 0.25) is 0 Å². The highest BCUT2D eigenvalue weighted by molar-refractivity contribution is 9.11. The number of hydrogen-bond donors (Lipinski definition) is 2. The number of carboxylic acid groups (broad SMARTS) is 2. The summed E-state index contributed by atoms with van der Waals surface area (Å²) in [6, 6.07) is 11.4. The predicted molar refractivity (Wildman–Crippen MR) is 248 cm³/mol. The fraction of sp³-hybridized carbons (Fsp3) is 0.720. The summed E-state index contributed by atoms with van der Waals surface area (Å²) in [6.07, 6.45) is 36.7. The number of hydrogen-bond acceptors (Lipinski definition) is 4. The Kier molecular flexibility index (Phi) is 26.8. The van der Waals surface area contributed by atoms with Crippen LogP contribution in [0, 0.1) is 11.8 Å². The largest absolute Gasteiger partial charge is 0.492 e. The third-order valence-corrected chi connectivity index (χ3v) is 13.5. The third-order valence-electron chi connectivity index (χ3n) is 12.3. The van der Waals surface area contributed by atoms with E-state index < -0.39 is 35.6 Å². The molecule has 1 aliphatic carbocycles. The van der Waals surface area contributed by atoms with Crippen molar-refractivity contribution in [1.29, 1.82) is 0 Å². The number of ether oxygens (including phenoxy) is 2. The second-order valence-corrected chi connectivity index (χ2v) is 18.8. The zero-order valence-corrected chi connectivity index (χ0v) is 39.4. The topological polar surface area (TPSA) is 93.1 Å². The molecular weight excluding hydrogens is 856 g/mol. The molecule has 0 saturated heterocycles. The predicted octanol–water partition coefficient (Wildman–Crippen LogP) is 16.2. The van der Waals surface area contributed by atoms with Crippen molar-refractivity contribution in [3.63, 3.8) is 0 Å². The third kappa shape index (κ3) is 18.7. The molecule has 0 aromatic heterocycles. The van der Waals surface area contributed by atoms with Crippen LogP contribution < -0.4 is 9.47 Å². The molecule has 6 nitrogen and oxygen atoms in total. The van der Waals surface area contributed by atoms with Crippen LogP contribution in [0.5, 0.6) is 11.5 Å². The highest BCUT2D eigenvalue weighted by atomic mass is 79.9. The first-order valence-electron chi connectivity index (χ1n) is 23.6. The number of halogens is 2. The van der Waals surface area contributed by atoms with Gasteiger partial charge in [0.25, 0.3) is 0 Å². The molecule has 1 aliphatic rings. The van der Waals surface area contributed by atoms with Gasteiger partial charge in [-0.2, -0.15) is 0 Å². The molecule has 1 fully saturated rings. The van der Waals surface area contributed by atoms with Gasteiger partial charge in [-0.15, -0.1) is 0 Å². The molecule has 0 spiro atoms. The zero-order chi connectivity index (χ0) is 41.8. The van der Waals surface area contributed by atoms with E-state index >= 15 is 0 Å². The van der Waals surface area contributed by atoms with Crippen molar-refractivity contribution in [3.8, 4) is 11.5 Å². The Balaban J connectivity index is 1.40. The van der Waals surface area contributed by atoms with Crippen molar-refractivity contribution in [2.45, 2.75) is 205 Å². The van der Waals surface area contributed by atoms with E-state index in [0.717, 1.165) is 57.3 Å². The number of carbonyl (C=O) groups is 2. The molecule has 2 aromatic carbocycles. The average Bonchev–Trinajstić information content (AvgIpc) is 3.18. The Morgan fingerprint density at radius 3 is 0.948 bits per heavy atom. The van der Waals surface area contributed by atoms with Gasteiger partial charge in [0.1, 0.15) is 11.5 Å². The van der Waals surface area contributed by atoms with Gasteiger partial charge in [-0.25, -0.2) is 0 Å². The van der Waals surface area contributed by atoms with Gasteiger partial charge < -0.3 is 19.7 Å². The fourth-order valence-electron chi connectivity index (χ4n) is 8.83. The molecule has 3 rings (SSSR count). The van der Waals surface area contributed by atoms with E-state index in [1.165, 1.54) is 154 Å². The molecule has 0 aliphatic heterocycles. The second-order valence-electron chi connectivity index (χ2n) is 17.0. The summed E-state index contributed by atoms with van der Waals surface area (Å²) < 4.78 is 13.7. The van der Waals surface area contributed by atoms with Crippen LogP contribution in [-0.2, 0) is 9.59 Å². The van der Waals surface area contributed by atoms with Crippen molar-refractivity contribution >= 4 is 43.8 Å². The van der Waals surface area contributed by atoms with Crippen LogP contribution in [0.2, 0.25) is 0 Å². The van der Waals surface area contributed by atoms with Gasteiger partial charge in [-0.1, -0.05) is 193 Å². The number of rotatable bonds is 36. The molecule has 0 radical (unpaired) electrons. The lowest BCUT2D eigenvalue weighted by molar-refractivity contribution is -0.164. The molecular formula is C50H78Br2O6. The molecule has 8 heteroatoms. The van der Waals surface area contributed by atoms with E-state index in [1.807, 2.05) is 36.4 Å². The maximum Gasteiger partial charge on any atom is 0.308 e. The van der Waals surface area contributed by atoms with Crippen molar-refractivity contribution in [1.82, 2.24) is 0 Å². The SMILES string of the molecule is CCCCCCCCCCCCCCCCOc1ccc([C@@H]2[C@@H](C(=O)O)[C@@H](C(=O)O)[C@@H]2c2ccc(OCCCCCCCCCCCCCCCC)c(Br)c2)cc1Br. The Morgan fingerprint density at radius 1 is 0.448 bits per heavy atom. The lowest BCUT2D eigenvalue weighted by Crippen LogP contribution is -2.51. The van der Waals surface area contributed by atoms with Crippen LogP contribution in [0.4, 0.5) is 0 Å². The summed E-state index contributed by atoms with van der Waals surface area (Å²) >= 11 is 7.33. The van der Waals surface area contributed by atoms with Crippen molar-refractivity contribution in [2.75, 3.05) is 13.2 Å². The number of aliphatic carboxylic acids is 2. The molecule has 4 atom stereocenters. The van der Waals surface area contributed by atoms with E-state index in [-0.39, 0.29) is 0 Å². The van der Waals surface area contributed by atoms with Crippen LogP contribution in [0.25, 0.3) is 0 Å². The number of unbranched alkanes of at least 4 members (excludes halogenated alkanes) is 26. The molecule has 2 N–H and O–H groups in total. The molecule has 0 unspecified atom stereocenters. The van der Waals surface area contributed by atoms with Gasteiger partial charge >= 0.3 is 11.9 Å².